The van der Waals surface area contributed by atoms with Crippen LogP contribution in [0.15, 0.2) is 70.2 Å². The molecule has 4 rings (SSSR count). The van der Waals surface area contributed by atoms with Gasteiger partial charge in [-0.2, -0.15) is 4.68 Å². The van der Waals surface area contributed by atoms with Crippen LogP contribution in [0.2, 0.25) is 5.02 Å². The summed E-state index contributed by atoms with van der Waals surface area (Å²) in [5.74, 6) is 1.14. The minimum atomic E-state index is -1.01. The first-order valence-electron chi connectivity index (χ1n) is 9.91. The van der Waals surface area contributed by atoms with Gasteiger partial charge in [-0.1, -0.05) is 41.6 Å². The molecule has 0 saturated carbocycles. The van der Waals surface area contributed by atoms with Crippen molar-refractivity contribution in [2.75, 3.05) is 12.3 Å². The molecule has 32 heavy (non-hydrogen) atoms. The van der Waals surface area contributed by atoms with Crippen molar-refractivity contribution >= 4 is 29.3 Å². The van der Waals surface area contributed by atoms with Crippen molar-refractivity contribution in [2.24, 2.45) is 0 Å². The van der Waals surface area contributed by atoms with E-state index in [1.165, 1.54) is 12.1 Å². The number of nitrogens with one attached hydrogen (secondary N) is 1. The molecule has 4 aromatic rings. The monoisotopic (exact) mass is 469 g/mol. The van der Waals surface area contributed by atoms with Crippen LogP contribution in [0.25, 0.3) is 17.0 Å². The Morgan fingerprint density at radius 1 is 1.16 bits per heavy atom. The molecular formula is C22H20ClN5O3S. The van der Waals surface area contributed by atoms with Gasteiger partial charge in [0.15, 0.2) is 0 Å². The van der Waals surface area contributed by atoms with Crippen molar-refractivity contribution in [1.29, 1.82) is 0 Å². The third-order valence-corrected chi connectivity index (χ3v) is 5.95. The van der Waals surface area contributed by atoms with Crippen LogP contribution in [0, 0.1) is 0 Å². The van der Waals surface area contributed by atoms with E-state index >= 15 is 0 Å². The summed E-state index contributed by atoms with van der Waals surface area (Å²) in [6.45, 7) is 1.36. The molecule has 0 aliphatic rings. The van der Waals surface area contributed by atoms with Crippen molar-refractivity contribution in [2.45, 2.75) is 18.1 Å². The molecular weight excluding hydrogens is 450 g/mol. The van der Waals surface area contributed by atoms with Gasteiger partial charge in [0, 0.05) is 11.3 Å². The van der Waals surface area contributed by atoms with Gasteiger partial charge >= 0.3 is 5.97 Å². The van der Waals surface area contributed by atoms with E-state index in [1.807, 2.05) is 36.4 Å². The number of hydrogen-bond acceptors (Lipinski definition) is 7. The second kappa shape index (κ2) is 10.4. The highest BCUT2D eigenvalue weighted by molar-refractivity contribution is 7.99. The van der Waals surface area contributed by atoms with Crippen molar-refractivity contribution in [3.8, 4) is 17.0 Å². The number of aromatic nitrogens is 4. The maximum atomic E-state index is 11.2. The maximum Gasteiger partial charge on any atom is 0.335 e. The minimum absolute atomic E-state index is 0.163. The Morgan fingerprint density at radius 2 is 2.00 bits per heavy atom. The summed E-state index contributed by atoms with van der Waals surface area (Å²) in [5, 5.41) is 25.6. The molecule has 2 aromatic heterocycles. The van der Waals surface area contributed by atoms with E-state index in [4.69, 9.17) is 16.0 Å². The molecule has 2 aromatic carbocycles. The Morgan fingerprint density at radius 3 is 2.81 bits per heavy atom. The summed E-state index contributed by atoms with van der Waals surface area (Å²) in [6.07, 6.45) is 0.923. The summed E-state index contributed by atoms with van der Waals surface area (Å²) in [6, 6.07) is 18.0. The van der Waals surface area contributed by atoms with E-state index in [0.29, 0.717) is 22.9 Å². The highest BCUT2D eigenvalue weighted by Crippen LogP contribution is 2.30. The highest BCUT2D eigenvalue weighted by Gasteiger charge is 2.13. The lowest BCUT2D eigenvalue weighted by Gasteiger charge is -2.05. The van der Waals surface area contributed by atoms with Gasteiger partial charge in [-0.05, 0) is 65.9 Å². The standard InChI is InChI=1S/C22H20ClN5O3S/c23-19-9-7-15(21(29)30)13-18(19)20-10-8-17(31-20)14-24-11-4-12-32-22-25-26-27-28(22)16-5-2-1-3-6-16/h1-3,5-10,13,24H,4,11-12,14H2,(H,29,30). The number of halogens is 1. The number of hydrogen-bond donors (Lipinski definition) is 2. The van der Waals surface area contributed by atoms with E-state index in [2.05, 4.69) is 20.8 Å². The molecule has 0 spiro atoms. The summed E-state index contributed by atoms with van der Waals surface area (Å²) >= 11 is 7.81. The lowest BCUT2D eigenvalue weighted by atomic mass is 10.1. The Bertz CT molecular complexity index is 1200. The van der Waals surface area contributed by atoms with E-state index in [9.17, 15) is 9.90 Å². The molecule has 0 fully saturated rings. The zero-order valence-electron chi connectivity index (χ0n) is 16.9. The number of carbonyl (C=O) groups is 1. The van der Waals surface area contributed by atoms with Crippen LogP contribution in [0.3, 0.4) is 0 Å². The van der Waals surface area contributed by atoms with E-state index < -0.39 is 5.97 Å². The van der Waals surface area contributed by atoms with Crippen molar-refractivity contribution in [3.05, 3.63) is 77.0 Å². The summed E-state index contributed by atoms with van der Waals surface area (Å²) < 4.78 is 7.57. The number of furan rings is 1. The van der Waals surface area contributed by atoms with Gasteiger partial charge in [-0.25, -0.2) is 4.79 Å². The number of tetrazole rings is 1. The molecule has 2 N–H and O–H groups in total. The number of para-hydroxylation sites is 1. The summed E-state index contributed by atoms with van der Waals surface area (Å²) in [5.41, 5.74) is 1.65. The number of thioether (sulfide) groups is 1. The number of nitrogens with zero attached hydrogens (tertiary/aromatic N) is 4. The highest BCUT2D eigenvalue weighted by atomic mass is 35.5. The lowest BCUT2D eigenvalue weighted by molar-refractivity contribution is 0.0697. The first-order valence-corrected chi connectivity index (χ1v) is 11.3. The quantitative estimate of drug-likeness (QED) is 0.257. The predicted octanol–water partition coefficient (Wildman–Crippen LogP) is 4.55. The Hall–Kier alpha value is -3.14. The third kappa shape index (κ3) is 5.37. The Labute approximate surface area is 193 Å². The molecule has 0 aliphatic carbocycles. The van der Waals surface area contributed by atoms with E-state index in [1.54, 1.807) is 28.6 Å². The average molecular weight is 470 g/mol. The third-order valence-electron chi connectivity index (χ3n) is 4.61. The van der Waals surface area contributed by atoms with Gasteiger partial charge in [0.05, 0.1) is 22.8 Å². The summed E-state index contributed by atoms with van der Waals surface area (Å²) in [7, 11) is 0. The van der Waals surface area contributed by atoms with Gasteiger partial charge < -0.3 is 14.8 Å². The number of benzene rings is 2. The Balaban J connectivity index is 1.24. The molecule has 164 valence electrons. The lowest BCUT2D eigenvalue weighted by Crippen LogP contribution is -2.14. The molecule has 0 amide bonds. The van der Waals surface area contributed by atoms with Crippen LogP contribution in [0.5, 0.6) is 0 Å². The topological polar surface area (TPSA) is 106 Å². The van der Waals surface area contributed by atoms with Gasteiger partial charge in [0.25, 0.3) is 0 Å². The maximum absolute atomic E-state index is 11.2. The zero-order valence-corrected chi connectivity index (χ0v) is 18.5. The molecule has 0 atom stereocenters. The SMILES string of the molecule is O=C(O)c1ccc(Cl)c(-c2ccc(CNCCCSc3nnnn3-c3ccccc3)o2)c1. The number of carboxylic acids is 1. The van der Waals surface area contributed by atoms with Crippen LogP contribution in [-0.4, -0.2) is 43.6 Å². The van der Waals surface area contributed by atoms with Gasteiger partial charge in [-0.15, -0.1) is 5.10 Å². The van der Waals surface area contributed by atoms with Crippen molar-refractivity contribution in [3.63, 3.8) is 0 Å². The predicted molar refractivity (Wildman–Crippen MR) is 122 cm³/mol. The fraction of sp³-hybridized carbons (Fsp3) is 0.182. The van der Waals surface area contributed by atoms with Crippen LogP contribution < -0.4 is 5.32 Å². The molecule has 0 radical (unpaired) electrons. The molecule has 8 nitrogen and oxygen atoms in total. The minimum Gasteiger partial charge on any atom is -0.478 e. The van der Waals surface area contributed by atoms with Gasteiger partial charge in [0.2, 0.25) is 5.16 Å². The normalized spacial score (nSPS) is 11.0. The van der Waals surface area contributed by atoms with Crippen molar-refractivity contribution < 1.29 is 14.3 Å². The molecule has 0 bridgehead atoms. The second-order valence-electron chi connectivity index (χ2n) is 6.85. The Kier molecular flexibility index (Phi) is 7.21. The number of aromatic carboxylic acids is 1. The van der Waals surface area contributed by atoms with Crippen molar-refractivity contribution in [1.82, 2.24) is 25.5 Å². The molecule has 0 saturated heterocycles. The van der Waals surface area contributed by atoms with E-state index in [0.717, 1.165) is 35.3 Å². The van der Waals surface area contributed by atoms with E-state index in [-0.39, 0.29) is 5.56 Å². The molecule has 2 heterocycles. The number of rotatable bonds is 10. The number of carboxylic acid groups (broad SMARTS) is 1. The largest absolute Gasteiger partial charge is 0.478 e. The summed E-state index contributed by atoms with van der Waals surface area (Å²) in [4.78, 5) is 11.2. The zero-order chi connectivity index (χ0) is 22.3. The molecule has 0 unspecified atom stereocenters. The van der Waals surface area contributed by atoms with Crippen LogP contribution in [-0.2, 0) is 6.54 Å². The smallest absolute Gasteiger partial charge is 0.335 e. The van der Waals surface area contributed by atoms with Crippen LogP contribution in [0.4, 0.5) is 0 Å². The first-order chi connectivity index (χ1) is 15.6. The van der Waals surface area contributed by atoms with Crippen LogP contribution in [0.1, 0.15) is 22.5 Å². The van der Waals surface area contributed by atoms with Crippen LogP contribution >= 0.6 is 23.4 Å². The average Bonchev–Trinajstić information content (AvgIpc) is 3.46. The fourth-order valence-corrected chi connectivity index (χ4v) is 4.08. The second-order valence-corrected chi connectivity index (χ2v) is 8.32. The first kappa shape index (κ1) is 22.1. The van der Waals surface area contributed by atoms with Gasteiger partial charge in [-0.3, -0.25) is 0 Å². The molecule has 0 aliphatic heterocycles. The van der Waals surface area contributed by atoms with Gasteiger partial charge in [0.1, 0.15) is 11.5 Å². The molecule has 10 heteroatoms. The fourth-order valence-electron chi connectivity index (χ4n) is 3.04.